The summed E-state index contributed by atoms with van der Waals surface area (Å²) in [5.41, 5.74) is 1.06. The molecule has 108 valence electrons. The smallest absolute Gasteiger partial charge is 0.203 e. The van der Waals surface area contributed by atoms with Gasteiger partial charge in [-0.3, -0.25) is 0 Å². The Kier molecular flexibility index (Phi) is 5.66. The predicted octanol–water partition coefficient (Wildman–Crippen LogP) is 2.07. The van der Waals surface area contributed by atoms with E-state index in [1.54, 1.807) is 0 Å². The van der Waals surface area contributed by atoms with Crippen LogP contribution in [-0.2, 0) is 16.0 Å². The lowest BCUT2D eigenvalue weighted by Gasteiger charge is -2.12. The molecule has 5 heteroatoms. The van der Waals surface area contributed by atoms with E-state index in [1.165, 1.54) is 0 Å². The van der Waals surface area contributed by atoms with Crippen LogP contribution in [0.4, 0.5) is 5.95 Å². The van der Waals surface area contributed by atoms with Gasteiger partial charge in [0.2, 0.25) is 5.95 Å². The van der Waals surface area contributed by atoms with Crippen molar-refractivity contribution in [2.75, 3.05) is 38.3 Å². The van der Waals surface area contributed by atoms with E-state index in [1.807, 2.05) is 13.8 Å². The third kappa shape index (κ3) is 4.51. The molecule has 1 saturated heterocycles. The van der Waals surface area contributed by atoms with Crippen molar-refractivity contribution in [3.05, 3.63) is 11.9 Å². The minimum atomic E-state index is 0.619. The lowest BCUT2D eigenvalue weighted by molar-refractivity contribution is 0.142. The number of aromatic nitrogens is 2. The molecule has 1 unspecified atom stereocenters. The summed E-state index contributed by atoms with van der Waals surface area (Å²) in [7, 11) is 0. The van der Waals surface area contributed by atoms with Crippen molar-refractivity contribution < 1.29 is 9.47 Å². The van der Waals surface area contributed by atoms with Gasteiger partial charge < -0.3 is 19.4 Å². The van der Waals surface area contributed by atoms with Gasteiger partial charge in [0.05, 0.1) is 12.3 Å². The molecule has 0 radical (unpaired) electrons. The van der Waals surface area contributed by atoms with E-state index >= 15 is 0 Å². The average Bonchev–Trinajstić information content (AvgIpc) is 3.02. The van der Waals surface area contributed by atoms with Crippen LogP contribution in [0.5, 0.6) is 0 Å². The SMILES string of the molecule is CCOCCCn1cc(C)nc1NCC1CCOC1. The zero-order chi connectivity index (χ0) is 13.5. The molecule has 0 aromatic carbocycles. The zero-order valence-corrected chi connectivity index (χ0v) is 12.0. The monoisotopic (exact) mass is 267 g/mol. The van der Waals surface area contributed by atoms with E-state index < -0.39 is 0 Å². The van der Waals surface area contributed by atoms with E-state index in [4.69, 9.17) is 9.47 Å². The lowest BCUT2D eigenvalue weighted by atomic mass is 10.1. The molecule has 2 heterocycles. The Labute approximate surface area is 115 Å². The molecule has 1 atom stereocenters. The van der Waals surface area contributed by atoms with Gasteiger partial charge in [0.15, 0.2) is 0 Å². The number of nitrogens with zero attached hydrogens (tertiary/aromatic N) is 2. The van der Waals surface area contributed by atoms with E-state index in [0.29, 0.717) is 5.92 Å². The Balaban J connectivity index is 1.80. The number of hydrogen-bond acceptors (Lipinski definition) is 4. The maximum absolute atomic E-state index is 5.39. The zero-order valence-electron chi connectivity index (χ0n) is 12.0. The molecule has 1 fully saturated rings. The second-order valence-corrected chi connectivity index (χ2v) is 5.06. The Bertz CT molecular complexity index is 373. The molecule has 1 N–H and O–H groups in total. The summed E-state index contributed by atoms with van der Waals surface area (Å²) in [6, 6.07) is 0. The van der Waals surface area contributed by atoms with Crippen LogP contribution in [0.15, 0.2) is 6.20 Å². The fraction of sp³-hybridized carbons (Fsp3) is 0.786. The first-order valence-corrected chi connectivity index (χ1v) is 7.22. The summed E-state index contributed by atoms with van der Waals surface area (Å²) >= 11 is 0. The van der Waals surface area contributed by atoms with Gasteiger partial charge in [-0.05, 0) is 26.7 Å². The van der Waals surface area contributed by atoms with Crippen LogP contribution < -0.4 is 5.32 Å². The summed E-state index contributed by atoms with van der Waals surface area (Å²) < 4.78 is 12.9. The van der Waals surface area contributed by atoms with Crippen LogP contribution in [-0.4, -0.2) is 42.5 Å². The molecule has 0 amide bonds. The van der Waals surface area contributed by atoms with E-state index in [2.05, 4.69) is 21.1 Å². The molecular formula is C14H25N3O2. The molecule has 0 bridgehead atoms. The van der Waals surface area contributed by atoms with Gasteiger partial charge in [0, 0.05) is 45.0 Å². The average molecular weight is 267 g/mol. The molecule has 0 saturated carbocycles. The van der Waals surface area contributed by atoms with E-state index in [9.17, 15) is 0 Å². The summed E-state index contributed by atoms with van der Waals surface area (Å²) in [5, 5.41) is 3.45. The predicted molar refractivity (Wildman–Crippen MR) is 75.5 cm³/mol. The minimum Gasteiger partial charge on any atom is -0.382 e. The van der Waals surface area contributed by atoms with Gasteiger partial charge in [-0.1, -0.05) is 0 Å². The standard InChI is InChI=1S/C14H25N3O2/c1-3-18-7-4-6-17-10-12(2)16-14(17)15-9-13-5-8-19-11-13/h10,13H,3-9,11H2,1-2H3,(H,15,16). The molecule has 5 nitrogen and oxygen atoms in total. The van der Waals surface area contributed by atoms with Gasteiger partial charge in [-0.2, -0.15) is 0 Å². The molecule has 0 aliphatic carbocycles. The first kappa shape index (κ1) is 14.3. The summed E-state index contributed by atoms with van der Waals surface area (Å²) in [6.07, 6.45) is 4.27. The highest BCUT2D eigenvalue weighted by atomic mass is 16.5. The summed E-state index contributed by atoms with van der Waals surface area (Å²) in [5.74, 6) is 1.59. The number of aryl methyl sites for hydroxylation is 2. The normalized spacial score (nSPS) is 18.9. The third-order valence-corrected chi connectivity index (χ3v) is 3.36. The Morgan fingerprint density at radius 3 is 3.21 bits per heavy atom. The quantitative estimate of drug-likeness (QED) is 0.733. The Hall–Kier alpha value is -1.07. The maximum Gasteiger partial charge on any atom is 0.203 e. The largest absolute Gasteiger partial charge is 0.382 e. The van der Waals surface area contributed by atoms with Crippen LogP contribution in [0, 0.1) is 12.8 Å². The number of ether oxygens (including phenoxy) is 2. The lowest BCUT2D eigenvalue weighted by Crippen LogP contribution is -2.17. The van der Waals surface area contributed by atoms with Crippen molar-refractivity contribution >= 4 is 5.95 Å². The first-order chi connectivity index (χ1) is 9.29. The van der Waals surface area contributed by atoms with Crippen molar-refractivity contribution in [3.8, 4) is 0 Å². The number of anilines is 1. The number of nitrogens with one attached hydrogen (secondary N) is 1. The van der Waals surface area contributed by atoms with E-state index in [-0.39, 0.29) is 0 Å². The van der Waals surface area contributed by atoms with Gasteiger partial charge >= 0.3 is 0 Å². The fourth-order valence-corrected chi connectivity index (χ4v) is 2.32. The maximum atomic E-state index is 5.39. The molecule has 1 aromatic rings. The van der Waals surface area contributed by atoms with Crippen molar-refractivity contribution in [2.45, 2.75) is 33.2 Å². The van der Waals surface area contributed by atoms with Crippen molar-refractivity contribution in [1.29, 1.82) is 0 Å². The van der Waals surface area contributed by atoms with Crippen LogP contribution in [0.1, 0.15) is 25.5 Å². The second kappa shape index (κ2) is 7.50. The van der Waals surface area contributed by atoms with Crippen LogP contribution >= 0.6 is 0 Å². The fourth-order valence-electron chi connectivity index (χ4n) is 2.32. The van der Waals surface area contributed by atoms with Crippen LogP contribution in [0.2, 0.25) is 0 Å². The highest BCUT2D eigenvalue weighted by Gasteiger charge is 2.16. The van der Waals surface area contributed by atoms with Crippen molar-refractivity contribution in [3.63, 3.8) is 0 Å². The highest BCUT2D eigenvalue weighted by Crippen LogP contribution is 2.15. The molecular weight excluding hydrogens is 242 g/mol. The Morgan fingerprint density at radius 1 is 1.58 bits per heavy atom. The summed E-state index contributed by atoms with van der Waals surface area (Å²) in [6.45, 7) is 9.32. The molecule has 1 aliphatic rings. The third-order valence-electron chi connectivity index (χ3n) is 3.36. The van der Waals surface area contributed by atoms with Gasteiger partial charge in [0.1, 0.15) is 0 Å². The van der Waals surface area contributed by atoms with Gasteiger partial charge in [-0.25, -0.2) is 4.98 Å². The van der Waals surface area contributed by atoms with Crippen LogP contribution in [0.25, 0.3) is 0 Å². The second-order valence-electron chi connectivity index (χ2n) is 5.06. The number of rotatable bonds is 8. The first-order valence-electron chi connectivity index (χ1n) is 7.22. The highest BCUT2D eigenvalue weighted by molar-refractivity contribution is 5.28. The molecule has 19 heavy (non-hydrogen) atoms. The number of imidazole rings is 1. The van der Waals surface area contributed by atoms with Gasteiger partial charge in [-0.15, -0.1) is 0 Å². The minimum absolute atomic E-state index is 0.619. The van der Waals surface area contributed by atoms with Crippen molar-refractivity contribution in [2.24, 2.45) is 5.92 Å². The molecule has 0 spiro atoms. The molecule has 2 rings (SSSR count). The van der Waals surface area contributed by atoms with Crippen LogP contribution in [0.3, 0.4) is 0 Å². The number of hydrogen-bond donors (Lipinski definition) is 1. The van der Waals surface area contributed by atoms with Crippen molar-refractivity contribution in [1.82, 2.24) is 9.55 Å². The topological polar surface area (TPSA) is 48.3 Å². The Morgan fingerprint density at radius 2 is 2.47 bits per heavy atom. The van der Waals surface area contributed by atoms with Gasteiger partial charge in [0.25, 0.3) is 0 Å². The molecule has 1 aliphatic heterocycles. The molecule has 1 aromatic heterocycles. The summed E-state index contributed by atoms with van der Waals surface area (Å²) in [4.78, 5) is 4.54. The van der Waals surface area contributed by atoms with E-state index in [0.717, 1.165) is 64.0 Å².